The van der Waals surface area contributed by atoms with Crippen LogP contribution in [0.4, 0.5) is 0 Å². The van der Waals surface area contributed by atoms with Crippen LogP contribution in [-0.4, -0.2) is 81.9 Å². The summed E-state index contributed by atoms with van der Waals surface area (Å²) in [5, 5.41) is 3.40. The molecular weight excluding hydrogens is 340 g/mol. The molecule has 6 heteroatoms. The van der Waals surface area contributed by atoms with Crippen LogP contribution >= 0.6 is 0 Å². The largest absolute Gasteiger partial charge is 0.492 e. The fourth-order valence-electron chi connectivity index (χ4n) is 3.23. The van der Waals surface area contributed by atoms with E-state index in [1.165, 1.54) is 5.56 Å². The first-order chi connectivity index (χ1) is 13.0. The van der Waals surface area contributed by atoms with Crippen LogP contribution in [0.2, 0.25) is 0 Å². The molecule has 1 N–H and O–H groups in total. The van der Waals surface area contributed by atoms with Crippen molar-refractivity contribution in [2.45, 2.75) is 32.2 Å². The van der Waals surface area contributed by atoms with Gasteiger partial charge in [-0.15, -0.1) is 0 Å². The van der Waals surface area contributed by atoms with E-state index in [2.05, 4.69) is 62.2 Å². The lowest BCUT2D eigenvalue weighted by atomic mass is 9.89. The summed E-state index contributed by atoms with van der Waals surface area (Å²) in [5.41, 5.74) is 1.32. The number of nitrogens with one attached hydrogen (secondary N) is 1. The zero-order valence-electron chi connectivity index (χ0n) is 17.6. The van der Waals surface area contributed by atoms with Gasteiger partial charge in [-0.2, -0.15) is 0 Å². The van der Waals surface area contributed by atoms with Crippen molar-refractivity contribution < 1.29 is 9.47 Å². The van der Waals surface area contributed by atoms with Crippen LogP contribution in [0, 0.1) is 6.92 Å². The molecule has 152 valence electrons. The summed E-state index contributed by atoms with van der Waals surface area (Å²) in [4.78, 5) is 9.39. The van der Waals surface area contributed by atoms with Crippen molar-refractivity contribution in [3.63, 3.8) is 0 Å². The van der Waals surface area contributed by atoms with E-state index in [4.69, 9.17) is 14.5 Å². The maximum Gasteiger partial charge on any atom is 0.193 e. The zero-order chi connectivity index (χ0) is 19.7. The molecule has 1 aromatic carbocycles. The van der Waals surface area contributed by atoms with Crippen LogP contribution in [0.5, 0.6) is 5.75 Å². The van der Waals surface area contributed by atoms with Crippen molar-refractivity contribution >= 4 is 5.96 Å². The summed E-state index contributed by atoms with van der Waals surface area (Å²) in [6.45, 7) is 8.82. The van der Waals surface area contributed by atoms with Gasteiger partial charge in [-0.25, -0.2) is 0 Å². The predicted octanol–water partition coefficient (Wildman–Crippen LogP) is 2.38. The van der Waals surface area contributed by atoms with Gasteiger partial charge in [0.2, 0.25) is 0 Å². The van der Waals surface area contributed by atoms with Gasteiger partial charge in [-0.05, 0) is 52.9 Å². The van der Waals surface area contributed by atoms with E-state index < -0.39 is 0 Å². The summed E-state index contributed by atoms with van der Waals surface area (Å²) in [5.74, 6) is 1.84. The lowest BCUT2D eigenvalue weighted by Gasteiger charge is -2.42. The highest BCUT2D eigenvalue weighted by molar-refractivity contribution is 5.79. The summed E-state index contributed by atoms with van der Waals surface area (Å²) >= 11 is 0. The number of likely N-dealkylation sites (N-methyl/N-ethyl adjacent to an activating group) is 2. The van der Waals surface area contributed by atoms with Crippen molar-refractivity contribution in [2.75, 3.05) is 60.6 Å². The molecule has 2 rings (SSSR count). The average Bonchev–Trinajstić information content (AvgIpc) is 2.67. The molecule has 1 fully saturated rings. The predicted molar refractivity (Wildman–Crippen MR) is 112 cm³/mol. The minimum absolute atomic E-state index is 0.0815. The molecule has 0 amide bonds. The summed E-state index contributed by atoms with van der Waals surface area (Å²) in [6.07, 6.45) is 2.03. The van der Waals surface area contributed by atoms with Gasteiger partial charge in [0.05, 0.1) is 13.1 Å². The van der Waals surface area contributed by atoms with Gasteiger partial charge in [0.25, 0.3) is 0 Å². The van der Waals surface area contributed by atoms with Crippen LogP contribution in [0.25, 0.3) is 0 Å². The molecule has 1 aromatic rings. The maximum absolute atomic E-state index is 5.86. The third-order valence-corrected chi connectivity index (χ3v) is 5.31. The molecule has 0 aromatic heterocycles. The normalized spacial score (nSPS) is 17.0. The van der Waals surface area contributed by atoms with Crippen LogP contribution in [0.3, 0.4) is 0 Å². The molecule has 0 bridgehead atoms. The van der Waals surface area contributed by atoms with E-state index in [9.17, 15) is 0 Å². The molecule has 0 atom stereocenters. The number of guanidine groups is 1. The second-order valence-electron chi connectivity index (χ2n) is 7.48. The van der Waals surface area contributed by atoms with Crippen LogP contribution in [-0.2, 0) is 4.74 Å². The highest BCUT2D eigenvalue weighted by Gasteiger charge is 2.34. The van der Waals surface area contributed by atoms with E-state index in [0.717, 1.165) is 57.4 Å². The fourth-order valence-corrected chi connectivity index (χ4v) is 3.23. The van der Waals surface area contributed by atoms with Crippen LogP contribution < -0.4 is 10.1 Å². The Kier molecular flexibility index (Phi) is 8.38. The van der Waals surface area contributed by atoms with Crippen LogP contribution in [0.15, 0.2) is 29.3 Å². The van der Waals surface area contributed by atoms with Gasteiger partial charge < -0.3 is 24.6 Å². The third-order valence-electron chi connectivity index (χ3n) is 5.31. The minimum Gasteiger partial charge on any atom is -0.492 e. The molecule has 1 saturated heterocycles. The number of benzene rings is 1. The van der Waals surface area contributed by atoms with E-state index in [1.807, 2.05) is 12.1 Å². The van der Waals surface area contributed by atoms with Crippen molar-refractivity contribution in [1.29, 1.82) is 0 Å². The van der Waals surface area contributed by atoms with E-state index in [0.29, 0.717) is 6.61 Å². The highest BCUT2D eigenvalue weighted by atomic mass is 16.5. The van der Waals surface area contributed by atoms with Crippen molar-refractivity contribution in [1.82, 2.24) is 15.1 Å². The smallest absolute Gasteiger partial charge is 0.193 e. The van der Waals surface area contributed by atoms with Crippen molar-refractivity contribution in [3.8, 4) is 5.75 Å². The Morgan fingerprint density at radius 2 is 1.85 bits per heavy atom. The third kappa shape index (κ3) is 6.40. The Morgan fingerprint density at radius 3 is 2.44 bits per heavy atom. The molecule has 0 unspecified atom stereocenters. The van der Waals surface area contributed by atoms with Crippen molar-refractivity contribution in [2.24, 2.45) is 4.99 Å². The number of hydrogen-bond donors (Lipinski definition) is 1. The lowest BCUT2D eigenvalue weighted by molar-refractivity contribution is -0.00263. The standard InChI is InChI=1S/C21H36N4O2/c1-6-22-20(23-17-21(24(3)4)11-14-26-15-12-21)25(5)13-16-27-19-9-7-18(2)8-10-19/h7-10H,6,11-17H2,1-5H3,(H,22,23). The number of hydrogen-bond acceptors (Lipinski definition) is 4. The Balaban J connectivity index is 1.93. The summed E-state index contributed by atoms with van der Waals surface area (Å²) in [6, 6.07) is 8.17. The Labute approximate surface area is 164 Å². The first-order valence-electron chi connectivity index (χ1n) is 9.91. The number of ether oxygens (including phenoxy) is 2. The average molecular weight is 377 g/mol. The molecule has 0 spiro atoms. The second kappa shape index (κ2) is 10.5. The summed E-state index contributed by atoms with van der Waals surface area (Å²) < 4.78 is 11.4. The minimum atomic E-state index is 0.0815. The van der Waals surface area contributed by atoms with Gasteiger partial charge in [0.15, 0.2) is 5.96 Å². The molecule has 6 nitrogen and oxygen atoms in total. The van der Waals surface area contributed by atoms with Gasteiger partial charge in [-0.1, -0.05) is 17.7 Å². The Bertz CT molecular complexity index is 580. The lowest BCUT2D eigenvalue weighted by Crippen LogP contribution is -2.52. The molecule has 0 saturated carbocycles. The monoisotopic (exact) mass is 376 g/mol. The molecule has 0 aliphatic carbocycles. The highest BCUT2D eigenvalue weighted by Crippen LogP contribution is 2.26. The summed E-state index contributed by atoms with van der Waals surface area (Å²) in [7, 11) is 6.35. The quantitative estimate of drug-likeness (QED) is 0.558. The van der Waals surface area contributed by atoms with E-state index in [1.54, 1.807) is 0 Å². The fraction of sp³-hybridized carbons (Fsp3) is 0.667. The van der Waals surface area contributed by atoms with E-state index >= 15 is 0 Å². The molecule has 0 radical (unpaired) electrons. The molecule has 1 heterocycles. The van der Waals surface area contributed by atoms with Crippen LogP contribution in [0.1, 0.15) is 25.3 Å². The van der Waals surface area contributed by atoms with Gasteiger partial charge >= 0.3 is 0 Å². The topological polar surface area (TPSA) is 49.3 Å². The maximum atomic E-state index is 5.86. The van der Waals surface area contributed by atoms with E-state index in [-0.39, 0.29) is 5.54 Å². The first kappa shape index (κ1) is 21.5. The molecular formula is C21H36N4O2. The van der Waals surface area contributed by atoms with Gasteiger partial charge in [0, 0.05) is 32.3 Å². The van der Waals surface area contributed by atoms with Crippen molar-refractivity contribution in [3.05, 3.63) is 29.8 Å². The number of aliphatic imine (C=N–C) groups is 1. The Hall–Kier alpha value is -1.79. The van der Waals surface area contributed by atoms with Gasteiger partial charge in [0.1, 0.15) is 12.4 Å². The second-order valence-corrected chi connectivity index (χ2v) is 7.48. The zero-order valence-corrected chi connectivity index (χ0v) is 17.6. The molecule has 1 aliphatic heterocycles. The Morgan fingerprint density at radius 1 is 1.19 bits per heavy atom. The number of rotatable bonds is 8. The number of aryl methyl sites for hydroxylation is 1. The molecule has 27 heavy (non-hydrogen) atoms. The first-order valence-corrected chi connectivity index (χ1v) is 9.91. The number of nitrogens with zero attached hydrogens (tertiary/aromatic N) is 3. The SMILES string of the molecule is CCNC(=NCC1(N(C)C)CCOCC1)N(C)CCOc1ccc(C)cc1. The molecule has 1 aliphatic rings. The van der Waals surface area contributed by atoms with Gasteiger partial charge in [-0.3, -0.25) is 4.99 Å².